The third kappa shape index (κ3) is 4.59. The molecule has 0 spiro atoms. The van der Waals surface area contributed by atoms with Crippen LogP contribution in [0.3, 0.4) is 0 Å². The van der Waals surface area contributed by atoms with Crippen LogP contribution < -0.4 is 0 Å². The normalized spacial score (nSPS) is 14.3. The molecule has 6 heteroatoms. The molecule has 1 aliphatic rings. The zero-order chi connectivity index (χ0) is 18.6. The summed E-state index contributed by atoms with van der Waals surface area (Å²) in [5, 5.41) is 3.33. The lowest BCUT2D eigenvalue weighted by molar-refractivity contribution is 0.186. The Morgan fingerprint density at radius 1 is 1.22 bits per heavy atom. The lowest BCUT2D eigenvalue weighted by Gasteiger charge is -2.21. The Bertz CT molecular complexity index is 985. The van der Waals surface area contributed by atoms with Gasteiger partial charge in [0.25, 0.3) is 0 Å². The Hall–Kier alpha value is -2.57. The first-order valence-corrected chi connectivity index (χ1v) is 9.63. The molecule has 0 unspecified atom stereocenters. The maximum Gasteiger partial charge on any atom is 0.217 e. The lowest BCUT2D eigenvalue weighted by Crippen LogP contribution is -2.29. The van der Waals surface area contributed by atoms with Crippen molar-refractivity contribution in [1.82, 2.24) is 24.6 Å². The highest BCUT2D eigenvalue weighted by atomic mass is 32.1. The molecule has 0 saturated heterocycles. The molecule has 4 rings (SSSR count). The zero-order valence-electron chi connectivity index (χ0n) is 15.4. The third-order valence-electron chi connectivity index (χ3n) is 4.80. The summed E-state index contributed by atoms with van der Waals surface area (Å²) in [6.45, 7) is 3.68. The number of H-pyrrole nitrogens is 1. The Labute approximate surface area is 164 Å². The average Bonchev–Trinajstić information content (AvgIpc) is 3.46. The molecule has 0 radical (unpaired) electrons. The van der Waals surface area contributed by atoms with Crippen molar-refractivity contribution < 1.29 is 0 Å². The molecule has 1 N–H and O–H groups in total. The van der Waals surface area contributed by atoms with E-state index in [1.54, 1.807) is 0 Å². The summed E-state index contributed by atoms with van der Waals surface area (Å²) in [5.41, 5.74) is 3.64. The van der Waals surface area contributed by atoms with Gasteiger partial charge in [0.2, 0.25) is 4.77 Å². The van der Waals surface area contributed by atoms with Gasteiger partial charge in [-0.15, -0.1) is 0 Å². The fourth-order valence-electron chi connectivity index (χ4n) is 3.13. The van der Waals surface area contributed by atoms with E-state index in [-0.39, 0.29) is 0 Å². The molecule has 1 aromatic carbocycles. The lowest BCUT2D eigenvalue weighted by atomic mass is 10.1. The van der Waals surface area contributed by atoms with Gasteiger partial charge in [-0.05, 0) is 60.8 Å². The fourth-order valence-corrected chi connectivity index (χ4v) is 3.33. The highest BCUT2D eigenvalue weighted by molar-refractivity contribution is 7.71. The van der Waals surface area contributed by atoms with Crippen LogP contribution in [0.1, 0.15) is 35.4 Å². The Morgan fingerprint density at radius 2 is 2.07 bits per heavy atom. The first-order valence-electron chi connectivity index (χ1n) is 9.22. The number of hydrogen-bond donors (Lipinski definition) is 1. The first kappa shape index (κ1) is 17.8. The number of aromatic amines is 1. The molecule has 1 aliphatic carbocycles. The van der Waals surface area contributed by atoms with Crippen LogP contribution in [0.25, 0.3) is 12.2 Å². The van der Waals surface area contributed by atoms with Gasteiger partial charge in [0.1, 0.15) is 5.82 Å². The van der Waals surface area contributed by atoms with Gasteiger partial charge < -0.3 is 0 Å². The van der Waals surface area contributed by atoms with Crippen LogP contribution in [0.15, 0.2) is 48.8 Å². The van der Waals surface area contributed by atoms with Gasteiger partial charge in [-0.2, -0.15) is 4.98 Å². The molecular formula is C21H23N5S. The predicted octanol–water partition coefficient (Wildman–Crippen LogP) is 4.44. The molecule has 27 heavy (non-hydrogen) atoms. The van der Waals surface area contributed by atoms with E-state index in [4.69, 9.17) is 12.2 Å². The molecular weight excluding hydrogens is 354 g/mol. The highest BCUT2D eigenvalue weighted by Gasteiger charge is 2.29. The second kappa shape index (κ2) is 7.98. The summed E-state index contributed by atoms with van der Waals surface area (Å²) < 4.78 is 2.53. The second-order valence-corrected chi connectivity index (χ2v) is 7.36. The highest BCUT2D eigenvalue weighted by Crippen LogP contribution is 2.28. The van der Waals surface area contributed by atoms with Crippen molar-refractivity contribution in [1.29, 1.82) is 0 Å². The van der Waals surface area contributed by atoms with Crippen LogP contribution in [0.2, 0.25) is 0 Å². The monoisotopic (exact) mass is 377 g/mol. The van der Waals surface area contributed by atoms with Gasteiger partial charge in [-0.1, -0.05) is 36.4 Å². The molecule has 0 amide bonds. The molecule has 0 bridgehead atoms. The van der Waals surface area contributed by atoms with Gasteiger partial charge in [0, 0.05) is 25.0 Å². The maximum absolute atomic E-state index is 5.47. The van der Waals surface area contributed by atoms with Crippen molar-refractivity contribution in [2.75, 3.05) is 0 Å². The third-order valence-corrected chi connectivity index (χ3v) is 5.11. The van der Waals surface area contributed by atoms with Gasteiger partial charge in [-0.25, -0.2) is 4.68 Å². The number of nitrogens with zero attached hydrogens (tertiary/aromatic N) is 4. The molecule has 2 aromatic heterocycles. The van der Waals surface area contributed by atoms with E-state index < -0.39 is 0 Å². The summed E-state index contributed by atoms with van der Waals surface area (Å²) in [6, 6.07) is 13.0. The number of benzene rings is 1. The molecule has 0 atom stereocenters. The predicted molar refractivity (Wildman–Crippen MR) is 110 cm³/mol. The van der Waals surface area contributed by atoms with E-state index in [1.807, 2.05) is 41.4 Å². The largest absolute Gasteiger partial charge is 0.278 e. The van der Waals surface area contributed by atoms with Gasteiger partial charge in [0.15, 0.2) is 0 Å². The average molecular weight is 378 g/mol. The van der Waals surface area contributed by atoms with E-state index in [2.05, 4.69) is 51.2 Å². The smallest absolute Gasteiger partial charge is 0.217 e. The number of pyridine rings is 1. The Balaban J connectivity index is 1.49. The maximum atomic E-state index is 5.47. The number of rotatable bonds is 7. The van der Waals surface area contributed by atoms with E-state index >= 15 is 0 Å². The first-order chi connectivity index (χ1) is 13.2. The molecule has 1 saturated carbocycles. The van der Waals surface area contributed by atoms with Gasteiger partial charge >= 0.3 is 0 Å². The molecule has 138 valence electrons. The van der Waals surface area contributed by atoms with Crippen LogP contribution in [-0.2, 0) is 13.2 Å². The number of aryl methyl sites for hydroxylation is 1. The topological polar surface area (TPSA) is 49.7 Å². The molecule has 5 nitrogen and oxygen atoms in total. The van der Waals surface area contributed by atoms with Crippen molar-refractivity contribution in [3.05, 3.63) is 76.1 Å². The fraction of sp³-hybridized carbons (Fsp3) is 0.286. The summed E-state index contributed by atoms with van der Waals surface area (Å²) in [6.07, 6.45) is 10.3. The Morgan fingerprint density at radius 3 is 2.81 bits per heavy atom. The second-order valence-electron chi connectivity index (χ2n) is 6.99. The number of hydrogen-bond acceptors (Lipinski definition) is 4. The van der Waals surface area contributed by atoms with Gasteiger partial charge in [-0.3, -0.25) is 15.0 Å². The molecule has 2 heterocycles. The number of aromatic nitrogens is 4. The van der Waals surface area contributed by atoms with Crippen molar-refractivity contribution >= 4 is 24.4 Å². The minimum Gasteiger partial charge on any atom is -0.278 e. The molecule has 1 fully saturated rings. The van der Waals surface area contributed by atoms with Crippen LogP contribution in [0, 0.1) is 11.7 Å². The summed E-state index contributed by atoms with van der Waals surface area (Å²) >= 11 is 5.47. The standard InChI is InChI=1S/C21H23N5S/c1-16-5-2-3-7-18(16)8-11-20-23-21(27)26(24-20)15-25(19-9-10-19)14-17-6-4-12-22-13-17/h2-8,11-13,19H,9-10,14-15H2,1H3,(H,23,24,27)/b11-8+. The van der Waals surface area contributed by atoms with Crippen LogP contribution in [-0.4, -0.2) is 30.7 Å². The zero-order valence-corrected chi connectivity index (χ0v) is 16.2. The summed E-state index contributed by atoms with van der Waals surface area (Å²) in [5.74, 6) is 0.778. The van der Waals surface area contributed by atoms with Crippen LogP contribution in [0.5, 0.6) is 0 Å². The van der Waals surface area contributed by atoms with E-state index in [9.17, 15) is 0 Å². The minimum absolute atomic E-state index is 0.580. The van der Waals surface area contributed by atoms with Crippen LogP contribution >= 0.6 is 12.2 Å². The van der Waals surface area contributed by atoms with E-state index in [0.717, 1.165) is 12.4 Å². The Kier molecular flexibility index (Phi) is 5.27. The minimum atomic E-state index is 0.580. The number of nitrogens with one attached hydrogen (secondary N) is 1. The van der Waals surface area contributed by atoms with E-state index in [0.29, 0.717) is 17.5 Å². The van der Waals surface area contributed by atoms with E-state index in [1.165, 1.54) is 29.5 Å². The molecule has 3 aromatic rings. The van der Waals surface area contributed by atoms with Crippen molar-refractivity contribution in [2.24, 2.45) is 0 Å². The van der Waals surface area contributed by atoms with Gasteiger partial charge in [0.05, 0.1) is 6.67 Å². The quantitative estimate of drug-likeness (QED) is 0.619. The summed E-state index contributed by atoms with van der Waals surface area (Å²) in [7, 11) is 0. The van der Waals surface area contributed by atoms with Crippen molar-refractivity contribution in [3.8, 4) is 0 Å². The van der Waals surface area contributed by atoms with Crippen molar-refractivity contribution in [2.45, 2.75) is 39.0 Å². The van der Waals surface area contributed by atoms with Crippen molar-refractivity contribution in [3.63, 3.8) is 0 Å². The molecule has 0 aliphatic heterocycles. The SMILES string of the molecule is Cc1ccccc1/C=C/c1nc(=S)n(CN(Cc2cccnc2)C2CC2)[nH]1. The summed E-state index contributed by atoms with van der Waals surface area (Å²) in [4.78, 5) is 11.1. The van der Waals surface area contributed by atoms with Crippen LogP contribution in [0.4, 0.5) is 0 Å².